The number of benzene rings is 1. The molecule has 0 saturated carbocycles. The maximum atomic E-state index is 13.1. The minimum Gasteiger partial charge on any atom is -0.347 e. The topological polar surface area (TPSA) is 66.5 Å². The van der Waals surface area contributed by atoms with Gasteiger partial charge in [0.15, 0.2) is 0 Å². The molecule has 128 valence electrons. The number of sulfonamides is 1. The standard InChI is InChI=1S/C16H17FN2O3S2/c17-13-5-3-4-12(10-13)16(20)18-11-14-6-7-15(23-14)24(21,22)19-8-1-2-9-19/h3-7,10H,1-2,8-9,11H2,(H,18,20). The molecular formula is C16H17FN2O3S2. The molecule has 5 nitrogen and oxygen atoms in total. The monoisotopic (exact) mass is 368 g/mol. The van der Waals surface area contributed by atoms with Gasteiger partial charge in [-0.3, -0.25) is 4.79 Å². The zero-order valence-corrected chi connectivity index (χ0v) is 14.5. The molecular weight excluding hydrogens is 351 g/mol. The van der Waals surface area contributed by atoms with E-state index in [1.54, 1.807) is 12.1 Å². The first-order chi connectivity index (χ1) is 11.5. The van der Waals surface area contributed by atoms with Crippen LogP contribution in [0.15, 0.2) is 40.6 Å². The number of amides is 1. The molecule has 1 aromatic heterocycles. The summed E-state index contributed by atoms with van der Waals surface area (Å²) >= 11 is 1.15. The summed E-state index contributed by atoms with van der Waals surface area (Å²) in [5.74, 6) is -0.871. The smallest absolute Gasteiger partial charge is 0.252 e. The van der Waals surface area contributed by atoms with Crippen LogP contribution in [0.25, 0.3) is 0 Å². The highest BCUT2D eigenvalue weighted by atomic mass is 32.2. The Morgan fingerprint density at radius 1 is 1.21 bits per heavy atom. The van der Waals surface area contributed by atoms with Gasteiger partial charge in [0.2, 0.25) is 0 Å². The first-order valence-corrected chi connectivity index (χ1v) is 9.85. The van der Waals surface area contributed by atoms with E-state index in [0.29, 0.717) is 17.3 Å². The number of carbonyl (C=O) groups excluding carboxylic acids is 1. The van der Waals surface area contributed by atoms with Crippen molar-refractivity contribution in [2.24, 2.45) is 0 Å². The van der Waals surface area contributed by atoms with Gasteiger partial charge < -0.3 is 5.32 Å². The Balaban J connectivity index is 1.65. The average molecular weight is 368 g/mol. The molecule has 8 heteroatoms. The predicted molar refractivity (Wildman–Crippen MR) is 89.9 cm³/mol. The van der Waals surface area contributed by atoms with Gasteiger partial charge in [-0.2, -0.15) is 4.31 Å². The van der Waals surface area contributed by atoms with Crippen LogP contribution in [-0.2, 0) is 16.6 Å². The molecule has 1 aliphatic rings. The van der Waals surface area contributed by atoms with Crippen LogP contribution >= 0.6 is 11.3 Å². The van der Waals surface area contributed by atoms with Crippen LogP contribution < -0.4 is 5.32 Å². The van der Waals surface area contributed by atoms with Crippen LogP contribution in [0, 0.1) is 5.82 Å². The highest BCUT2D eigenvalue weighted by Gasteiger charge is 2.28. The second kappa shape index (κ2) is 7.00. The molecule has 1 aliphatic heterocycles. The highest BCUT2D eigenvalue weighted by molar-refractivity contribution is 7.91. The zero-order chi connectivity index (χ0) is 17.2. The van der Waals surface area contributed by atoms with Crippen molar-refractivity contribution >= 4 is 27.3 Å². The molecule has 24 heavy (non-hydrogen) atoms. The first-order valence-electron chi connectivity index (χ1n) is 7.59. The van der Waals surface area contributed by atoms with Crippen LogP contribution in [-0.4, -0.2) is 31.7 Å². The molecule has 1 amide bonds. The minimum atomic E-state index is -3.42. The second-order valence-corrected chi connectivity index (χ2v) is 8.86. The van der Waals surface area contributed by atoms with Crippen LogP contribution in [0.4, 0.5) is 4.39 Å². The van der Waals surface area contributed by atoms with Crippen LogP contribution in [0.5, 0.6) is 0 Å². The predicted octanol–water partition coefficient (Wildman–Crippen LogP) is 2.60. The molecule has 0 radical (unpaired) electrons. The van der Waals surface area contributed by atoms with Crippen molar-refractivity contribution in [2.75, 3.05) is 13.1 Å². The molecule has 1 fully saturated rings. The summed E-state index contributed by atoms with van der Waals surface area (Å²) in [4.78, 5) is 12.7. The van der Waals surface area contributed by atoms with Crippen molar-refractivity contribution < 1.29 is 17.6 Å². The maximum Gasteiger partial charge on any atom is 0.252 e. The van der Waals surface area contributed by atoms with Crippen LogP contribution in [0.3, 0.4) is 0 Å². The lowest BCUT2D eigenvalue weighted by molar-refractivity contribution is 0.0951. The molecule has 0 aliphatic carbocycles. The van der Waals surface area contributed by atoms with Crippen LogP contribution in [0.2, 0.25) is 0 Å². The fourth-order valence-electron chi connectivity index (χ4n) is 2.55. The summed E-state index contributed by atoms with van der Waals surface area (Å²) in [7, 11) is -3.42. The number of carbonyl (C=O) groups is 1. The molecule has 1 saturated heterocycles. The van der Waals surface area contributed by atoms with Crippen molar-refractivity contribution in [3.05, 3.63) is 52.7 Å². The molecule has 3 rings (SSSR count). The Morgan fingerprint density at radius 3 is 2.67 bits per heavy atom. The lowest BCUT2D eigenvalue weighted by Crippen LogP contribution is -2.27. The molecule has 2 aromatic rings. The number of halogens is 1. The second-order valence-electron chi connectivity index (χ2n) is 5.52. The lowest BCUT2D eigenvalue weighted by atomic mass is 10.2. The zero-order valence-electron chi connectivity index (χ0n) is 12.9. The number of hydrogen-bond acceptors (Lipinski definition) is 4. The maximum absolute atomic E-state index is 13.1. The van der Waals surface area contributed by atoms with Gasteiger partial charge in [0.25, 0.3) is 15.9 Å². The minimum absolute atomic E-state index is 0.204. The summed E-state index contributed by atoms with van der Waals surface area (Å²) in [6.45, 7) is 1.33. The summed E-state index contributed by atoms with van der Waals surface area (Å²) in [5, 5.41) is 2.67. The fraction of sp³-hybridized carbons (Fsp3) is 0.312. The van der Waals surface area contributed by atoms with Gasteiger partial charge in [0, 0.05) is 23.5 Å². The van der Waals surface area contributed by atoms with E-state index in [1.807, 2.05) is 0 Å². The molecule has 1 N–H and O–H groups in total. The van der Waals surface area contributed by atoms with Gasteiger partial charge in [-0.25, -0.2) is 12.8 Å². The Morgan fingerprint density at radius 2 is 1.96 bits per heavy atom. The highest BCUT2D eigenvalue weighted by Crippen LogP contribution is 2.27. The van der Waals surface area contributed by atoms with Gasteiger partial charge in [-0.05, 0) is 43.2 Å². The van der Waals surface area contributed by atoms with Crippen molar-refractivity contribution in [1.29, 1.82) is 0 Å². The third-order valence-electron chi connectivity index (χ3n) is 3.81. The number of nitrogens with one attached hydrogen (secondary N) is 1. The number of nitrogens with zero attached hydrogens (tertiary/aromatic N) is 1. The molecule has 0 atom stereocenters. The first kappa shape index (κ1) is 17.1. The summed E-state index contributed by atoms with van der Waals surface area (Å²) in [6.07, 6.45) is 1.78. The summed E-state index contributed by atoms with van der Waals surface area (Å²) in [6, 6.07) is 8.69. The Labute approximate surface area is 144 Å². The molecule has 2 heterocycles. The molecule has 1 aromatic carbocycles. The van der Waals surface area contributed by atoms with Gasteiger partial charge in [0.05, 0.1) is 6.54 Å². The van der Waals surface area contributed by atoms with Crippen molar-refractivity contribution in [1.82, 2.24) is 9.62 Å². The number of thiophene rings is 1. The van der Waals surface area contributed by atoms with E-state index in [1.165, 1.54) is 22.5 Å². The quantitative estimate of drug-likeness (QED) is 0.882. The van der Waals surface area contributed by atoms with Crippen molar-refractivity contribution in [3.8, 4) is 0 Å². The normalized spacial score (nSPS) is 15.5. The van der Waals surface area contributed by atoms with Gasteiger partial charge in [0.1, 0.15) is 10.0 Å². The Bertz CT molecular complexity index is 843. The molecule has 0 bridgehead atoms. The van der Waals surface area contributed by atoms with Crippen molar-refractivity contribution in [2.45, 2.75) is 23.6 Å². The van der Waals surface area contributed by atoms with E-state index in [-0.39, 0.29) is 12.1 Å². The van der Waals surface area contributed by atoms with E-state index >= 15 is 0 Å². The molecule has 0 unspecified atom stereocenters. The van der Waals surface area contributed by atoms with Gasteiger partial charge in [-0.15, -0.1) is 11.3 Å². The fourth-order valence-corrected chi connectivity index (χ4v) is 5.51. The van der Waals surface area contributed by atoms with E-state index in [9.17, 15) is 17.6 Å². The van der Waals surface area contributed by atoms with Crippen molar-refractivity contribution in [3.63, 3.8) is 0 Å². The Hall–Kier alpha value is -1.77. The lowest BCUT2D eigenvalue weighted by Gasteiger charge is -2.13. The molecule has 0 spiro atoms. The Kier molecular flexibility index (Phi) is 4.98. The van der Waals surface area contributed by atoms with E-state index in [2.05, 4.69) is 5.32 Å². The third-order valence-corrected chi connectivity index (χ3v) is 7.26. The van der Waals surface area contributed by atoms with E-state index < -0.39 is 21.7 Å². The van der Waals surface area contributed by atoms with Gasteiger partial charge >= 0.3 is 0 Å². The van der Waals surface area contributed by atoms with Gasteiger partial charge in [-0.1, -0.05) is 6.07 Å². The van der Waals surface area contributed by atoms with Crippen LogP contribution in [0.1, 0.15) is 28.1 Å². The van der Waals surface area contributed by atoms with E-state index in [0.717, 1.165) is 35.1 Å². The SMILES string of the molecule is O=C(NCc1ccc(S(=O)(=O)N2CCCC2)s1)c1cccc(F)c1. The summed E-state index contributed by atoms with van der Waals surface area (Å²) < 4.78 is 39.8. The average Bonchev–Trinajstić information content (AvgIpc) is 3.24. The third kappa shape index (κ3) is 3.66. The largest absolute Gasteiger partial charge is 0.347 e. The number of rotatable bonds is 5. The summed E-state index contributed by atoms with van der Waals surface area (Å²) in [5.41, 5.74) is 0.233. The van der Waals surface area contributed by atoms with E-state index in [4.69, 9.17) is 0 Å². The number of hydrogen-bond donors (Lipinski definition) is 1.